The van der Waals surface area contributed by atoms with Gasteiger partial charge in [-0.05, 0) is 105 Å². The summed E-state index contributed by atoms with van der Waals surface area (Å²) < 4.78 is 49.0. The number of sulfone groups is 1. The van der Waals surface area contributed by atoms with Gasteiger partial charge in [-0.1, -0.05) is 31.2 Å². The fourth-order valence-corrected chi connectivity index (χ4v) is 7.05. The van der Waals surface area contributed by atoms with Crippen LogP contribution in [-0.2, 0) is 37.3 Å². The Labute approximate surface area is 272 Å². The maximum absolute atomic E-state index is 13.3. The molecule has 0 aromatic heterocycles. The first-order chi connectivity index (χ1) is 22.2. The second-order valence-corrected chi connectivity index (χ2v) is 13.9. The Morgan fingerprint density at radius 3 is 2.41 bits per heavy atom. The van der Waals surface area contributed by atoms with E-state index < -0.39 is 9.84 Å². The summed E-state index contributed by atoms with van der Waals surface area (Å²) in [7, 11) is -1.44. The van der Waals surface area contributed by atoms with Gasteiger partial charge in [0.1, 0.15) is 18.1 Å². The van der Waals surface area contributed by atoms with E-state index in [0.29, 0.717) is 41.0 Å². The van der Waals surface area contributed by atoms with Crippen molar-refractivity contribution in [2.45, 2.75) is 69.9 Å². The first-order valence-corrected chi connectivity index (χ1v) is 17.6. The standard InChI is InChI=1S/C36H44N2O7S/c1-4-18-43-26(2)45-33-11-7-28(8-12-33)25-44-34-13-14-35-30(23-34)22-29(17-21-46(35,40)41)36(39)37-31-9-5-27(6-10-31)24-38(3)32-15-19-42-20-16-32/h5-14,22-23,26,32H,4,15-21,24-25H2,1-3H3,(H,37,39). The highest BCUT2D eigenvalue weighted by atomic mass is 32.2. The van der Waals surface area contributed by atoms with Crippen LogP contribution in [0.5, 0.6) is 11.5 Å². The van der Waals surface area contributed by atoms with Crippen molar-refractivity contribution in [3.05, 3.63) is 89.0 Å². The number of hydrogen-bond acceptors (Lipinski definition) is 8. The van der Waals surface area contributed by atoms with E-state index in [1.165, 1.54) is 0 Å². The molecular formula is C36H44N2O7S. The van der Waals surface area contributed by atoms with E-state index >= 15 is 0 Å². The third-order valence-corrected chi connectivity index (χ3v) is 10.0. The monoisotopic (exact) mass is 648 g/mol. The van der Waals surface area contributed by atoms with Gasteiger partial charge >= 0.3 is 0 Å². The first kappa shape index (κ1) is 33.7. The van der Waals surface area contributed by atoms with Crippen LogP contribution in [0.25, 0.3) is 6.08 Å². The summed E-state index contributed by atoms with van der Waals surface area (Å²) in [5, 5.41) is 2.95. The van der Waals surface area contributed by atoms with Gasteiger partial charge in [0, 0.05) is 37.1 Å². The second-order valence-electron chi connectivity index (χ2n) is 11.8. The maximum atomic E-state index is 13.3. The van der Waals surface area contributed by atoms with Crippen LogP contribution in [-0.4, -0.2) is 64.2 Å². The van der Waals surface area contributed by atoms with Crippen molar-refractivity contribution in [2.24, 2.45) is 0 Å². The fraction of sp³-hybridized carbons (Fsp3) is 0.417. The molecule has 1 fully saturated rings. The lowest BCUT2D eigenvalue weighted by atomic mass is 10.1. The predicted octanol–water partition coefficient (Wildman–Crippen LogP) is 6.23. The van der Waals surface area contributed by atoms with E-state index in [0.717, 1.165) is 50.1 Å². The molecule has 1 saturated heterocycles. The average molecular weight is 649 g/mol. The van der Waals surface area contributed by atoms with Gasteiger partial charge < -0.3 is 24.3 Å². The number of benzene rings is 3. The van der Waals surface area contributed by atoms with Crippen LogP contribution in [0.2, 0.25) is 0 Å². The minimum absolute atomic E-state index is 0.115. The Hall–Kier alpha value is -3.70. The van der Waals surface area contributed by atoms with E-state index in [4.69, 9.17) is 18.9 Å². The number of rotatable bonds is 13. The van der Waals surface area contributed by atoms with Crippen molar-refractivity contribution in [1.29, 1.82) is 0 Å². The van der Waals surface area contributed by atoms with Crippen molar-refractivity contribution in [3.8, 4) is 11.5 Å². The minimum atomic E-state index is -3.57. The molecular weight excluding hydrogens is 604 g/mol. The zero-order chi connectivity index (χ0) is 32.5. The van der Waals surface area contributed by atoms with E-state index in [1.54, 1.807) is 24.3 Å². The van der Waals surface area contributed by atoms with E-state index in [-0.39, 0.29) is 35.9 Å². The number of ether oxygens (including phenoxy) is 4. The molecule has 3 aromatic carbocycles. The quantitative estimate of drug-likeness (QED) is 0.218. The molecule has 1 amide bonds. The normalized spacial score (nSPS) is 17.0. The Kier molecular flexibility index (Phi) is 11.5. The fourth-order valence-electron chi connectivity index (χ4n) is 5.59. The summed E-state index contributed by atoms with van der Waals surface area (Å²) in [6.07, 6.45) is 4.43. The molecule has 10 heteroatoms. The van der Waals surface area contributed by atoms with Gasteiger partial charge in [-0.25, -0.2) is 8.42 Å². The lowest BCUT2D eigenvalue weighted by Gasteiger charge is -2.31. The molecule has 0 saturated carbocycles. The lowest BCUT2D eigenvalue weighted by Crippen LogP contribution is -2.36. The summed E-state index contributed by atoms with van der Waals surface area (Å²) in [4.78, 5) is 15.9. The minimum Gasteiger partial charge on any atom is -0.489 e. The molecule has 0 spiro atoms. The summed E-state index contributed by atoms with van der Waals surface area (Å²) in [5.74, 6) is 0.744. The number of nitrogens with zero attached hydrogens (tertiary/aromatic N) is 1. The second kappa shape index (κ2) is 15.7. The van der Waals surface area contributed by atoms with E-state index in [2.05, 4.69) is 17.3 Å². The molecule has 1 atom stereocenters. The molecule has 0 aliphatic carbocycles. The molecule has 3 aromatic rings. The molecule has 0 radical (unpaired) electrons. The number of fused-ring (bicyclic) bond motifs is 1. The Balaban J connectivity index is 1.21. The van der Waals surface area contributed by atoms with Gasteiger partial charge in [-0.15, -0.1) is 0 Å². The number of nitrogens with one attached hydrogen (secondary N) is 1. The lowest BCUT2D eigenvalue weighted by molar-refractivity contribution is -0.112. The number of carbonyl (C=O) groups is 1. The maximum Gasteiger partial charge on any atom is 0.251 e. The Bertz CT molecular complexity index is 1600. The summed E-state index contributed by atoms with van der Waals surface area (Å²) >= 11 is 0. The Morgan fingerprint density at radius 1 is 1.00 bits per heavy atom. The largest absolute Gasteiger partial charge is 0.489 e. The predicted molar refractivity (Wildman–Crippen MR) is 179 cm³/mol. The van der Waals surface area contributed by atoms with Crippen LogP contribution in [0, 0.1) is 0 Å². The van der Waals surface area contributed by atoms with Crippen LogP contribution in [0.1, 0.15) is 56.2 Å². The van der Waals surface area contributed by atoms with Crippen molar-refractivity contribution in [2.75, 3.05) is 37.9 Å². The molecule has 2 aliphatic rings. The highest BCUT2D eigenvalue weighted by Crippen LogP contribution is 2.30. The van der Waals surface area contributed by atoms with Crippen LogP contribution >= 0.6 is 0 Å². The van der Waals surface area contributed by atoms with Gasteiger partial charge in [0.15, 0.2) is 16.1 Å². The molecule has 2 aliphatic heterocycles. The number of hydrogen-bond donors (Lipinski definition) is 1. The van der Waals surface area contributed by atoms with Gasteiger partial charge in [0.25, 0.3) is 5.91 Å². The summed E-state index contributed by atoms with van der Waals surface area (Å²) in [5.41, 5.74) is 3.58. The molecule has 246 valence electrons. The zero-order valence-electron chi connectivity index (χ0n) is 26.9. The highest BCUT2D eigenvalue weighted by Gasteiger charge is 2.25. The molecule has 0 bridgehead atoms. The molecule has 9 nitrogen and oxygen atoms in total. The van der Waals surface area contributed by atoms with Crippen LogP contribution in [0.15, 0.2) is 77.2 Å². The SMILES string of the molecule is CCCOC(C)Oc1ccc(COc2ccc3c(c2)C=C(C(=O)Nc2ccc(CN(C)C4CCOCC4)cc2)CCS3(=O)=O)cc1. The topological polar surface area (TPSA) is 103 Å². The van der Waals surface area contributed by atoms with Gasteiger partial charge in [-0.2, -0.15) is 0 Å². The van der Waals surface area contributed by atoms with Crippen molar-refractivity contribution >= 4 is 27.5 Å². The molecule has 5 rings (SSSR count). The summed E-state index contributed by atoms with van der Waals surface area (Å²) in [6.45, 7) is 7.25. The van der Waals surface area contributed by atoms with E-state index in [1.807, 2.05) is 62.4 Å². The first-order valence-electron chi connectivity index (χ1n) is 16.0. The summed E-state index contributed by atoms with van der Waals surface area (Å²) in [6, 6.07) is 20.7. The van der Waals surface area contributed by atoms with Gasteiger partial charge in [-0.3, -0.25) is 9.69 Å². The Morgan fingerprint density at radius 2 is 1.70 bits per heavy atom. The number of anilines is 1. The third-order valence-electron chi connectivity index (χ3n) is 8.22. The molecule has 1 N–H and O–H groups in total. The molecule has 1 unspecified atom stereocenters. The van der Waals surface area contributed by atoms with E-state index in [9.17, 15) is 13.2 Å². The van der Waals surface area contributed by atoms with Crippen molar-refractivity contribution in [3.63, 3.8) is 0 Å². The molecule has 2 heterocycles. The van der Waals surface area contributed by atoms with Gasteiger partial charge in [0.05, 0.1) is 17.3 Å². The van der Waals surface area contributed by atoms with Crippen LogP contribution < -0.4 is 14.8 Å². The zero-order valence-corrected chi connectivity index (χ0v) is 27.7. The highest BCUT2D eigenvalue weighted by molar-refractivity contribution is 7.91. The van der Waals surface area contributed by atoms with Crippen molar-refractivity contribution in [1.82, 2.24) is 4.90 Å². The van der Waals surface area contributed by atoms with Crippen LogP contribution in [0.4, 0.5) is 5.69 Å². The number of carbonyl (C=O) groups excluding carboxylic acids is 1. The van der Waals surface area contributed by atoms with Crippen molar-refractivity contribution < 1.29 is 32.2 Å². The smallest absolute Gasteiger partial charge is 0.251 e. The average Bonchev–Trinajstić information content (AvgIpc) is 3.19. The van der Waals surface area contributed by atoms with Crippen LogP contribution in [0.3, 0.4) is 0 Å². The molecule has 46 heavy (non-hydrogen) atoms. The third kappa shape index (κ3) is 9.19. The number of amides is 1. The van der Waals surface area contributed by atoms with Gasteiger partial charge in [0.2, 0.25) is 0 Å².